The van der Waals surface area contributed by atoms with Crippen molar-refractivity contribution in [2.75, 3.05) is 0 Å². The molecule has 0 heterocycles. The maximum absolute atomic E-state index is 11.7. The molecule has 2 aliphatic carbocycles. The molecular formula is C11H14O2. The molecule has 0 aromatic carbocycles. The molecule has 70 valence electrons. The first-order valence-corrected chi connectivity index (χ1v) is 4.89. The molecule has 2 aliphatic rings. The molecule has 0 spiro atoms. The van der Waals surface area contributed by atoms with Gasteiger partial charge in [-0.25, -0.2) is 0 Å². The van der Waals surface area contributed by atoms with Crippen molar-refractivity contribution in [3.8, 4) is 0 Å². The Hall–Kier alpha value is -0.920. The summed E-state index contributed by atoms with van der Waals surface area (Å²) >= 11 is 0. The van der Waals surface area contributed by atoms with Gasteiger partial charge in [0.1, 0.15) is 11.6 Å². The van der Waals surface area contributed by atoms with E-state index in [2.05, 4.69) is 6.58 Å². The van der Waals surface area contributed by atoms with Gasteiger partial charge in [-0.2, -0.15) is 0 Å². The first-order chi connectivity index (χ1) is 6.16. The van der Waals surface area contributed by atoms with Crippen LogP contribution in [0.1, 0.15) is 32.1 Å². The first-order valence-electron chi connectivity index (χ1n) is 4.89. The third kappa shape index (κ3) is 1.58. The average Bonchev–Trinajstić information content (AvgIpc) is 2.18. The Morgan fingerprint density at radius 2 is 1.77 bits per heavy atom. The largest absolute Gasteiger partial charge is 0.300 e. The molecule has 2 bridgehead atoms. The van der Waals surface area contributed by atoms with Crippen LogP contribution in [-0.2, 0) is 9.59 Å². The lowest BCUT2D eigenvalue weighted by atomic mass is 9.77. The maximum atomic E-state index is 11.7. The molecule has 2 rings (SSSR count). The summed E-state index contributed by atoms with van der Waals surface area (Å²) in [5.74, 6) is 0.660. The van der Waals surface area contributed by atoms with Crippen molar-refractivity contribution in [3.63, 3.8) is 0 Å². The van der Waals surface area contributed by atoms with Gasteiger partial charge in [-0.3, -0.25) is 9.59 Å². The van der Waals surface area contributed by atoms with E-state index in [4.69, 9.17) is 0 Å². The van der Waals surface area contributed by atoms with Crippen LogP contribution in [0.25, 0.3) is 0 Å². The van der Waals surface area contributed by atoms with Gasteiger partial charge in [0.25, 0.3) is 0 Å². The number of Topliss-reactive ketones (excluding diaryl/α,β-unsaturated/α-hetero) is 2. The molecule has 2 fully saturated rings. The highest BCUT2D eigenvalue weighted by Crippen LogP contribution is 2.36. The predicted octanol–water partition coefficient (Wildman–Crippen LogP) is 1.89. The van der Waals surface area contributed by atoms with Crippen LogP contribution in [0.4, 0.5) is 0 Å². The quantitative estimate of drug-likeness (QED) is 0.531. The van der Waals surface area contributed by atoms with Gasteiger partial charge in [-0.1, -0.05) is 12.2 Å². The summed E-state index contributed by atoms with van der Waals surface area (Å²) in [5, 5.41) is 0. The third-order valence-corrected chi connectivity index (χ3v) is 3.12. The van der Waals surface area contributed by atoms with Gasteiger partial charge < -0.3 is 0 Å². The second-order valence-corrected chi connectivity index (χ2v) is 4.24. The fraction of sp³-hybridized carbons (Fsp3) is 0.636. The first kappa shape index (κ1) is 8.67. The molecule has 0 aliphatic heterocycles. The van der Waals surface area contributed by atoms with Crippen molar-refractivity contribution >= 4 is 11.6 Å². The van der Waals surface area contributed by atoms with Crippen LogP contribution in [0.15, 0.2) is 12.2 Å². The lowest BCUT2D eigenvalue weighted by Gasteiger charge is -2.25. The van der Waals surface area contributed by atoms with Crippen LogP contribution in [0.3, 0.4) is 0 Å². The van der Waals surface area contributed by atoms with Crippen LogP contribution >= 0.6 is 0 Å². The van der Waals surface area contributed by atoms with Gasteiger partial charge in [0.2, 0.25) is 0 Å². The molecule has 2 saturated carbocycles. The van der Waals surface area contributed by atoms with Gasteiger partial charge in [0, 0.05) is 24.7 Å². The topological polar surface area (TPSA) is 34.1 Å². The standard InChI is InChI=1S/C11H14O2/c1-7-4-8-2-3-10(12)6-9(5-7)11(8)13/h8-9H,1-6H2. The van der Waals surface area contributed by atoms with E-state index in [1.807, 2.05) is 0 Å². The van der Waals surface area contributed by atoms with E-state index in [0.29, 0.717) is 18.6 Å². The summed E-state index contributed by atoms with van der Waals surface area (Å²) in [6.07, 6.45) is 3.39. The molecule has 13 heavy (non-hydrogen) atoms. The van der Waals surface area contributed by atoms with Crippen molar-refractivity contribution in [3.05, 3.63) is 12.2 Å². The van der Waals surface area contributed by atoms with Crippen LogP contribution in [0, 0.1) is 11.8 Å². The Morgan fingerprint density at radius 3 is 2.54 bits per heavy atom. The Morgan fingerprint density at radius 1 is 1.08 bits per heavy atom. The van der Waals surface area contributed by atoms with Crippen LogP contribution in [0.2, 0.25) is 0 Å². The molecule has 0 amide bonds. The van der Waals surface area contributed by atoms with Crippen molar-refractivity contribution in [2.45, 2.75) is 32.1 Å². The normalized spacial score (nSPS) is 34.6. The van der Waals surface area contributed by atoms with Gasteiger partial charge in [0.15, 0.2) is 0 Å². The summed E-state index contributed by atoms with van der Waals surface area (Å²) in [7, 11) is 0. The minimum absolute atomic E-state index is 0.0266. The molecular weight excluding hydrogens is 164 g/mol. The highest BCUT2D eigenvalue weighted by molar-refractivity contribution is 5.92. The SMILES string of the molecule is C=C1CC2CCC(=O)CC(C1)C2=O. The zero-order chi connectivity index (χ0) is 9.42. The summed E-state index contributed by atoms with van der Waals surface area (Å²) < 4.78 is 0. The van der Waals surface area contributed by atoms with E-state index in [1.54, 1.807) is 0 Å². The predicted molar refractivity (Wildman–Crippen MR) is 49.2 cm³/mol. The van der Waals surface area contributed by atoms with E-state index < -0.39 is 0 Å². The van der Waals surface area contributed by atoms with Crippen molar-refractivity contribution in [2.24, 2.45) is 11.8 Å². The molecule has 0 radical (unpaired) electrons. The van der Waals surface area contributed by atoms with Gasteiger partial charge in [-0.05, 0) is 19.3 Å². The lowest BCUT2D eigenvalue weighted by molar-refractivity contribution is -0.129. The van der Waals surface area contributed by atoms with Crippen molar-refractivity contribution < 1.29 is 9.59 Å². The zero-order valence-electron chi connectivity index (χ0n) is 7.71. The number of carbonyl (C=O) groups excluding carboxylic acids is 2. The van der Waals surface area contributed by atoms with E-state index in [0.717, 1.165) is 24.8 Å². The molecule has 0 aromatic rings. The van der Waals surface area contributed by atoms with Crippen molar-refractivity contribution in [1.29, 1.82) is 0 Å². The molecule has 2 unspecified atom stereocenters. The minimum atomic E-state index is -0.0266. The fourth-order valence-corrected chi connectivity index (χ4v) is 2.44. The minimum Gasteiger partial charge on any atom is -0.300 e. The number of hydrogen-bond donors (Lipinski definition) is 0. The monoisotopic (exact) mass is 178 g/mol. The number of allylic oxidation sites excluding steroid dienone is 1. The Kier molecular flexibility index (Phi) is 2.06. The van der Waals surface area contributed by atoms with E-state index >= 15 is 0 Å². The van der Waals surface area contributed by atoms with E-state index in [-0.39, 0.29) is 17.6 Å². The van der Waals surface area contributed by atoms with Crippen molar-refractivity contribution in [1.82, 2.24) is 0 Å². The Balaban J connectivity index is 2.24. The van der Waals surface area contributed by atoms with Gasteiger partial charge >= 0.3 is 0 Å². The fourth-order valence-electron chi connectivity index (χ4n) is 2.44. The number of carbonyl (C=O) groups is 2. The summed E-state index contributed by atoms with van der Waals surface area (Å²) in [6, 6.07) is 0. The molecule has 0 N–H and O–H groups in total. The molecule has 0 saturated heterocycles. The molecule has 2 nitrogen and oxygen atoms in total. The number of rotatable bonds is 0. The van der Waals surface area contributed by atoms with Gasteiger partial charge in [-0.15, -0.1) is 0 Å². The third-order valence-electron chi connectivity index (χ3n) is 3.12. The lowest BCUT2D eigenvalue weighted by Crippen LogP contribution is -2.27. The summed E-state index contributed by atoms with van der Waals surface area (Å²) in [4.78, 5) is 23.0. The van der Waals surface area contributed by atoms with E-state index in [9.17, 15) is 9.59 Å². The van der Waals surface area contributed by atoms with E-state index in [1.165, 1.54) is 0 Å². The summed E-state index contributed by atoms with van der Waals surface area (Å²) in [5.41, 5.74) is 1.16. The second kappa shape index (κ2) is 3.09. The van der Waals surface area contributed by atoms with Crippen LogP contribution in [0.5, 0.6) is 0 Å². The molecule has 2 atom stereocenters. The summed E-state index contributed by atoms with van der Waals surface area (Å²) in [6.45, 7) is 3.93. The van der Waals surface area contributed by atoms with Crippen LogP contribution in [-0.4, -0.2) is 11.6 Å². The average molecular weight is 178 g/mol. The highest BCUT2D eigenvalue weighted by Gasteiger charge is 2.36. The van der Waals surface area contributed by atoms with Gasteiger partial charge in [0.05, 0.1) is 0 Å². The number of fused-ring (bicyclic) bond motifs is 2. The number of hydrogen-bond acceptors (Lipinski definition) is 2. The second-order valence-electron chi connectivity index (χ2n) is 4.24. The number of ketones is 2. The highest BCUT2D eigenvalue weighted by atomic mass is 16.1. The molecule has 0 aromatic heterocycles. The molecule has 2 heteroatoms. The van der Waals surface area contributed by atoms with Crippen LogP contribution < -0.4 is 0 Å². The zero-order valence-corrected chi connectivity index (χ0v) is 7.71. The smallest absolute Gasteiger partial charge is 0.140 e. The Bertz CT molecular complexity index is 276. The Labute approximate surface area is 78.0 Å². The maximum Gasteiger partial charge on any atom is 0.140 e.